The molecule has 0 bridgehead atoms. The lowest BCUT2D eigenvalue weighted by Gasteiger charge is -2.38. The van der Waals surface area contributed by atoms with E-state index in [2.05, 4.69) is 5.32 Å². The van der Waals surface area contributed by atoms with E-state index in [0.717, 1.165) is 31.2 Å². The Labute approximate surface area is 172 Å². The highest BCUT2D eigenvalue weighted by Crippen LogP contribution is 2.28. The normalized spacial score (nSPS) is 22.9. The third-order valence-electron chi connectivity index (χ3n) is 6.09. The Morgan fingerprint density at radius 3 is 2.55 bits per heavy atom. The third-order valence-corrected chi connectivity index (χ3v) is 7.84. The van der Waals surface area contributed by atoms with Gasteiger partial charge in [-0.25, -0.2) is 12.8 Å². The maximum Gasteiger partial charge on any atom is 0.237 e. The summed E-state index contributed by atoms with van der Waals surface area (Å²) in [6, 6.07) is 4.41. The highest BCUT2D eigenvalue weighted by Gasteiger charge is 2.38. The van der Waals surface area contributed by atoms with E-state index in [1.807, 2.05) is 11.8 Å². The molecule has 2 atom stereocenters. The molecule has 2 fully saturated rings. The summed E-state index contributed by atoms with van der Waals surface area (Å²) >= 11 is 0. The van der Waals surface area contributed by atoms with Crippen molar-refractivity contribution >= 4 is 15.7 Å². The first kappa shape index (κ1) is 22.0. The number of hydrogen-bond donors (Lipinski definition) is 1. The molecule has 1 aliphatic heterocycles. The zero-order valence-electron chi connectivity index (χ0n) is 17.2. The van der Waals surface area contributed by atoms with Crippen molar-refractivity contribution < 1.29 is 22.3 Å². The Kier molecular flexibility index (Phi) is 7.16. The Balaban J connectivity index is 1.67. The van der Waals surface area contributed by atoms with Crippen molar-refractivity contribution in [1.82, 2.24) is 10.2 Å². The van der Waals surface area contributed by atoms with Gasteiger partial charge < -0.3 is 15.0 Å². The molecule has 6 nitrogen and oxygen atoms in total. The van der Waals surface area contributed by atoms with Gasteiger partial charge in [0.1, 0.15) is 0 Å². The number of ether oxygens (including phenoxy) is 1. The highest BCUT2D eigenvalue weighted by atomic mass is 32.2. The molecule has 0 aromatic heterocycles. The minimum Gasteiger partial charge on any atom is -0.494 e. The molecule has 2 unspecified atom stereocenters. The van der Waals surface area contributed by atoms with Crippen LogP contribution in [0.4, 0.5) is 4.39 Å². The van der Waals surface area contributed by atoms with Gasteiger partial charge >= 0.3 is 0 Å². The molecule has 2 aliphatic rings. The van der Waals surface area contributed by atoms with E-state index in [-0.39, 0.29) is 47.8 Å². The molecule has 1 heterocycles. The van der Waals surface area contributed by atoms with E-state index in [0.29, 0.717) is 6.42 Å². The first-order valence-corrected chi connectivity index (χ1v) is 12.2. The quantitative estimate of drug-likeness (QED) is 0.726. The summed E-state index contributed by atoms with van der Waals surface area (Å²) in [7, 11) is -1.65. The Bertz CT molecular complexity index is 824. The maximum absolute atomic E-state index is 14.0. The molecular weight excluding hydrogens is 395 g/mol. The van der Waals surface area contributed by atoms with E-state index in [4.69, 9.17) is 4.74 Å². The van der Waals surface area contributed by atoms with Crippen molar-refractivity contribution in [3.05, 3.63) is 29.6 Å². The predicted molar refractivity (Wildman–Crippen MR) is 110 cm³/mol. The van der Waals surface area contributed by atoms with Crippen molar-refractivity contribution in [2.24, 2.45) is 0 Å². The van der Waals surface area contributed by atoms with E-state index in [1.165, 1.54) is 19.6 Å². The zero-order valence-corrected chi connectivity index (χ0v) is 18.0. The average Bonchev–Trinajstić information content (AvgIpc) is 3.06. The van der Waals surface area contributed by atoms with Gasteiger partial charge in [-0.1, -0.05) is 25.3 Å². The van der Waals surface area contributed by atoms with Crippen LogP contribution in [0.25, 0.3) is 0 Å². The van der Waals surface area contributed by atoms with Gasteiger partial charge in [0.25, 0.3) is 0 Å². The number of carbonyl (C=O) groups excluding carboxylic acids is 1. The topological polar surface area (TPSA) is 75.7 Å². The monoisotopic (exact) mass is 426 g/mol. The number of carbonyl (C=O) groups is 1. The molecule has 1 saturated heterocycles. The molecule has 1 aliphatic carbocycles. The number of benzene rings is 1. The second-order valence-electron chi connectivity index (χ2n) is 8.15. The first-order chi connectivity index (χ1) is 13.8. The van der Waals surface area contributed by atoms with Gasteiger partial charge in [0.15, 0.2) is 21.4 Å². The molecule has 1 aromatic carbocycles. The zero-order chi connectivity index (χ0) is 21.0. The fourth-order valence-electron chi connectivity index (χ4n) is 4.46. The molecular formula is C21H31FN2O4S. The minimum atomic E-state index is -3.07. The Morgan fingerprint density at radius 1 is 1.24 bits per heavy atom. The van der Waals surface area contributed by atoms with Crippen molar-refractivity contribution in [3.63, 3.8) is 0 Å². The van der Waals surface area contributed by atoms with Crippen molar-refractivity contribution in [3.8, 4) is 5.75 Å². The third kappa shape index (κ3) is 5.48. The van der Waals surface area contributed by atoms with Crippen LogP contribution in [0, 0.1) is 5.82 Å². The van der Waals surface area contributed by atoms with Crippen LogP contribution in [-0.4, -0.2) is 56.5 Å². The van der Waals surface area contributed by atoms with Crippen molar-refractivity contribution in [1.29, 1.82) is 0 Å². The molecule has 162 valence electrons. The molecule has 1 amide bonds. The van der Waals surface area contributed by atoms with Crippen LogP contribution in [0.2, 0.25) is 0 Å². The fourth-order valence-corrected chi connectivity index (χ4v) is 6.17. The standard InChI is InChI=1S/C21H31FN2O4S/c1-15(16-8-9-20(28-2)19(22)12-16)23-13-21(25)24(17-6-4-3-5-7-17)18-10-11-29(26,27)14-18/h8-9,12,15,17-18,23H,3-7,10-11,13-14H2,1-2H3. The van der Waals surface area contributed by atoms with Gasteiger partial charge in [0, 0.05) is 18.1 Å². The lowest BCUT2D eigenvalue weighted by molar-refractivity contribution is -0.135. The van der Waals surface area contributed by atoms with E-state index >= 15 is 0 Å². The van der Waals surface area contributed by atoms with Crippen LogP contribution in [0.3, 0.4) is 0 Å². The Hall–Kier alpha value is -1.67. The molecule has 8 heteroatoms. The molecule has 1 saturated carbocycles. The lowest BCUT2D eigenvalue weighted by atomic mass is 9.93. The molecule has 1 aromatic rings. The fraction of sp³-hybridized carbons (Fsp3) is 0.667. The summed E-state index contributed by atoms with van der Waals surface area (Å²) in [5, 5.41) is 3.18. The lowest BCUT2D eigenvalue weighted by Crippen LogP contribution is -2.51. The van der Waals surface area contributed by atoms with Crippen LogP contribution in [0.5, 0.6) is 5.75 Å². The maximum atomic E-state index is 14.0. The minimum absolute atomic E-state index is 0.0640. The summed E-state index contributed by atoms with van der Waals surface area (Å²) in [6.45, 7) is 1.97. The van der Waals surface area contributed by atoms with Crippen LogP contribution in [0.15, 0.2) is 18.2 Å². The molecule has 1 N–H and O–H groups in total. The van der Waals surface area contributed by atoms with Gasteiger partial charge in [-0.15, -0.1) is 0 Å². The first-order valence-electron chi connectivity index (χ1n) is 10.4. The van der Waals surface area contributed by atoms with Crippen molar-refractivity contribution in [2.75, 3.05) is 25.2 Å². The highest BCUT2D eigenvalue weighted by molar-refractivity contribution is 7.91. The van der Waals surface area contributed by atoms with Gasteiger partial charge in [-0.3, -0.25) is 4.79 Å². The summed E-state index contributed by atoms with van der Waals surface area (Å²) in [5.74, 6) is -0.106. The largest absolute Gasteiger partial charge is 0.494 e. The Morgan fingerprint density at radius 2 is 1.97 bits per heavy atom. The molecule has 3 rings (SSSR count). The SMILES string of the molecule is COc1ccc(C(C)NCC(=O)N(C2CCCCC2)C2CCS(=O)(=O)C2)cc1F. The second kappa shape index (κ2) is 9.43. The van der Waals surface area contributed by atoms with Crippen LogP contribution >= 0.6 is 0 Å². The molecule has 0 radical (unpaired) electrons. The summed E-state index contributed by atoms with van der Waals surface area (Å²) in [5.41, 5.74) is 0.726. The number of methoxy groups -OCH3 is 1. The van der Waals surface area contributed by atoms with E-state index < -0.39 is 15.7 Å². The number of nitrogens with one attached hydrogen (secondary N) is 1. The van der Waals surface area contributed by atoms with Crippen LogP contribution in [0.1, 0.15) is 57.1 Å². The summed E-state index contributed by atoms with van der Waals surface area (Å²) < 4.78 is 42.9. The summed E-state index contributed by atoms with van der Waals surface area (Å²) in [6.07, 6.45) is 5.69. The number of sulfone groups is 1. The number of amides is 1. The van der Waals surface area contributed by atoms with Gasteiger partial charge in [0.2, 0.25) is 5.91 Å². The van der Waals surface area contributed by atoms with Crippen LogP contribution in [-0.2, 0) is 14.6 Å². The van der Waals surface area contributed by atoms with Gasteiger partial charge in [-0.05, 0) is 43.9 Å². The predicted octanol–water partition coefficient (Wildman–Crippen LogP) is 2.83. The van der Waals surface area contributed by atoms with E-state index in [1.54, 1.807) is 12.1 Å². The van der Waals surface area contributed by atoms with Crippen LogP contribution < -0.4 is 10.1 Å². The number of halogens is 1. The van der Waals surface area contributed by atoms with E-state index in [9.17, 15) is 17.6 Å². The smallest absolute Gasteiger partial charge is 0.237 e. The molecule has 29 heavy (non-hydrogen) atoms. The number of rotatable bonds is 7. The number of hydrogen-bond acceptors (Lipinski definition) is 5. The molecule has 0 spiro atoms. The second-order valence-corrected chi connectivity index (χ2v) is 10.4. The average molecular weight is 427 g/mol. The van der Waals surface area contributed by atoms with Gasteiger partial charge in [-0.2, -0.15) is 0 Å². The van der Waals surface area contributed by atoms with Crippen molar-refractivity contribution in [2.45, 2.75) is 63.6 Å². The number of nitrogens with zero attached hydrogens (tertiary/aromatic N) is 1. The van der Waals surface area contributed by atoms with Gasteiger partial charge in [0.05, 0.1) is 25.2 Å². The summed E-state index contributed by atoms with van der Waals surface area (Å²) in [4.78, 5) is 15.0.